The summed E-state index contributed by atoms with van der Waals surface area (Å²) in [6, 6.07) is 11.1. The van der Waals surface area contributed by atoms with Crippen LogP contribution in [-0.2, 0) is 5.41 Å². The molecular formula is C15H22. The van der Waals surface area contributed by atoms with Crippen molar-refractivity contribution < 1.29 is 0 Å². The van der Waals surface area contributed by atoms with Gasteiger partial charge in [0.2, 0.25) is 0 Å². The third-order valence-electron chi connectivity index (χ3n) is 4.09. The zero-order valence-electron chi connectivity index (χ0n) is 10.00. The molecule has 1 saturated carbocycles. The van der Waals surface area contributed by atoms with Gasteiger partial charge in [-0.15, -0.1) is 0 Å². The van der Waals surface area contributed by atoms with E-state index in [2.05, 4.69) is 44.2 Å². The maximum absolute atomic E-state index is 2.44. The summed E-state index contributed by atoms with van der Waals surface area (Å²) in [5, 5.41) is 0. The maximum atomic E-state index is 2.44. The summed E-state index contributed by atoms with van der Waals surface area (Å²) in [6.45, 7) is 4.84. The molecule has 0 aliphatic heterocycles. The van der Waals surface area contributed by atoms with E-state index in [1.165, 1.54) is 32.1 Å². The summed E-state index contributed by atoms with van der Waals surface area (Å²) in [6.07, 6.45) is 6.93. The van der Waals surface area contributed by atoms with Crippen molar-refractivity contribution in [3.8, 4) is 0 Å². The van der Waals surface area contributed by atoms with Crippen molar-refractivity contribution in [3.63, 3.8) is 0 Å². The highest BCUT2D eigenvalue weighted by Crippen LogP contribution is 2.39. The molecule has 0 aromatic heterocycles. The molecule has 0 saturated heterocycles. The predicted octanol–water partition coefficient (Wildman–Crippen LogP) is 4.54. The van der Waals surface area contributed by atoms with Gasteiger partial charge in [0.25, 0.3) is 0 Å². The molecule has 1 aliphatic rings. The molecule has 2 atom stereocenters. The lowest BCUT2D eigenvalue weighted by Crippen LogP contribution is -2.20. The standard InChI is InChI=1S/C15H22/c1-13-7-6-11-15(2,12-10-13)14-8-4-3-5-9-14/h3-5,8-9,13H,6-7,10-12H2,1-2H3. The molecule has 0 bridgehead atoms. The van der Waals surface area contributed by atoms with Gasteiger partial charge >= 0.3 is 0 Å². The fraction of sp³-hybridized carbons (Fsp3) is 0.600. The first-order chi connectivity index (χ1) is 7.21. The summed E-state index contributed by atoms with van der Waals surface area (Å²) in [4.78, 5) is 0. The molecule has 0 amide bonds. The van der Waals surface area contributed by atoms with Crippen LogP contribution in [-0.4, -0.2) is 0 Å². The molecule has 0 spiro atoms. The van der Waals surface area contributed by atoms with E-state index in [1.54, 1.807) is 5.56 Å². The average Bonchev–Trinajstić information content (AvgIpc) is 2.44. The van der Waals surface area contributed by atoms with E-state index in [0.717, 1.165) is 5.92 Å². The average molecular weight is 202 g/mol. The first-order valence-corrected chi connectivity index (χ1v) is 6.26. The Balaban J connectivity index is 2.19. The molecule has 82 valence electrons. The van der Waals surface area contributed by atoms with Crippen LogP contribution in [0.3, 0.4) is 0 Å². The van der Waals surface area contributed by atoms with Crippen molar-refractivity contribution in [2.75, 3.05) is 0 Å². The molecule has 0 heteroatoms. The lowest BCUT2D eigenvalue weighted by Gasteiger charge is -2.28. The molecule has 1 fully saturated rings. The van der Waals surface area contributed by atoms with E-state index in [-0.39, 0.29) is 0 Å². The Bertz CT molecular complexity index is 301. The summed E-state index contributed by atoms with van der Waals surface area (Å²) in [7, 11) is 0. The molecule has 0 N–H and O–H groups in total. The van der Waals surface area contributed by atoms with E-state index in [9.17, 15) is 0 Å². The zero-order valence-corrected chi connectivity index (χ0v) is 10.00. The van der Waals surface area contributed by atoms with Crippen LogP contribution in [0.4, 0.5) is 0 Å². The van der Waals surface area contributed by atoms with Gasteiger partial charge in [0.1, 0.15) is 0 Å². The monoisotopic (exact) mass is 202 g/mol. The second-order valence-electron chi connectivity index (χ2n) is 5.46. The Kier molecular flexibility index (Phi) is 3.14. The molecule has 0 heterocycles. The summed E-state index contributed by atoms with van der Waals surface area (Å²) >= 11 is 0. The van der Waals surface area contributed by atoms with Crippen molar-refractivity contribution in [2.45, 2.75) is 51.4 Å². The molecule has 1 aliphatic carbocycles. The van der Waals surface area contributed by atoms with Crippen molar-refractivity contribution in [1.82, 2.24) is 0 Å². The lowest BCUT2D eigenvalue weighted by atomic mass is 9.76. The van der Waals surface area contributed by atoms with Crippen LogP contribution >= 0.6 is 0 Å². The third-order valence-corrected chi connectivity index (χ3v) is 4.09. The third kappa shape index (κ3) is 2.42. The summed E-state index contributed by atoms with van der Waals surface area (Å²) in [5.74, 6) is 0.926. The molecular weight excluding hydrogens is 180 g/mol. The van der Waals surface area contributed by atoms with E-state index < -0.39 is 0 Å². The summed E-state index contributed by atoms with van der Waals surface area (Å²) < 4.78 is 0. The quantitative estimate of drug-likeness (QED) is 0.586. The van der Waals surface area contributed by atoms with Gasteiger partial charge in [-0.2, -0.15) is 0 Å². The lowest BCUT2D eigenvalue weighted by molar-refractivity contribution is 0.400. The first kappa shape index (κ1) is 10.7. The van der Waals surface area contributed by atoms with Crippen LogP contribution in [0.15, 0.2) is 30.3 Å². The predicted molar refractivity (Wildman–Crippen MR) is 66.0 cm³/mol. The largest absolute Gasteiger partial charge is 0.0625 e. The molecule has 2 rings (SSSR count). The SMILES string of the molecule is CC1CCCC(C)(c2ccccc2)CC1. The fourth-order valence-corrected chi connectivity index (χ4v) is 2.80. The minimum Gasteiger partial charge on any atom is -0.0625 e. The van der Waals surface area contributed by atoms with Crippen molar-refractivity contribution in [3.05, 3.63) is 35.9 Å². The molecule has 0 nitrogen and oxygen atoms in total. The Morgan fingerprint density at radius 2 is 1.80 bits per heavy atom. The van der Waals surface area contributed by atoms with Crippen molar-refractivity contribution in [2.24, 2.45) is 5.92 Å². The van der Waals surface area contributed by atoms with Gasteiger partial charge in [-0.3, -0.25) is 0 Å². The number of benzene rings is 1. The molecule has 2 unspecified atom stereocenters. The second kappa shape index (κ2) is 4.38. The molecule has 1 aromatic rings. The van der Waals surface area contributed by atoms with Gasteiger partial charge in [-0.1, -0.05) is 57.0 Å². The van der Waals surface area contributed by atoms with Crippen LogP contribution in [0.25, 0.3) is 0 Å². The van der Waals surface area contributed by atoms with Gasteiger partial charge in [0, 0.05) is 0 Å². The van der Waals surface area contributed by atoms with Crippen LogP contribution in [0.5, 0.6) is 0 Å². The highest BCUT2D eigenvalue weighted by atomic mass is 14.3. The van der Waals surface area contributed by atoms with Crippen LogP contribution < -0.4 is 0 Å². The van der Waals surface area contributed by atoms with Crippen LogP contribution in [0, 0.1) is 5.92 Å². The van der Waals surface area contributed by atoms with E-state index in [4.69, 9.17) is 0 Å². The van der Waals surface area contributed by atoms with Crippen molar-refractivity contribution >= 4 is 0 Å². The highest BCUT2D eigenvalue weighted by Gasteiger charge is 2.28. The minimum absolute atomic E-state index is 0.437. The Hall–Kier alpha value is -0.780. The Labute approximate surface area is 93.7 Å². The highest BCUT2D eigenvalue weighted by molar-refractivity contribution is 5.24. The van der Waals surface area contributed by atoms with Crippen LogP contribution in [0.2, 0.25) is 0 Å². The number of rotatable bonds is 1. The topological polar surface area (TPSA) is 0 Å². The van der Waals surface area contributed by atoms with Gasteiger partial charge in [-0.25, -0.2) is 0 Å². The second-order valence-corrected chi connectivity index (χ2v) is 5.46. The van der Waals surface area contributed by atoms with Gasteiger partial charge in [0.05, 0.1) is 0 Å². The van der Waals surface area contributed by atoms with Gasteiger partial charge in [-0.05, 0) is 36.2 Å². The smallest absolute Gasteiger partial charge is 0.00751 e. The van der Waals surface area contributed by atoms with Gasteiger partial charge < -0.3 is 0 Å². The fourth-order valence-electron chi connectivity index (χ4n) is 2.80. The maximum Gasteiger partial charge on any atom is -0.00751 e. The van der Waals surface area contributed by atoms with Crippen LogP contribution in [0.1, 0.15) is 51.5 Å². The number of hydrogen-bond acceptors (Lipinski definition) is 0. The van der Waals surface area contributed by atoms with Crippen molar-refractivity contribution in [1.29, 1.82) is 0 Å². The Morgan fingerprint density at radius 1 is 1.07 bits per heavy atom. The molecule has 15 heavy (non-hydrogen) atoms. The normalized spacial score (nSPS) is 32.3. The minimum atomic E-state index is 0.437. The van der Waals surface area contributed by atoms with E-state index >= 15 is 0 Å². The number of hydrogen-bond donors (Lipinski definition) is 0. The van der Waals surface area contributed by atoms with Gasteiger partial charge in [0.15, 0.2) is 0 Å². The zero-order chi connectivity index (χ0) is 10.7. The van der Waals surface area contributed by atoms with E-state index in [1.807, 2.05) is 0 Å². The summed E-state index contributed by atoms with van der Waals surface area (Å²) in [5.41, 5.74) is 1.98. The molecule has 1 aromatic carbocycles. The molecule has 0 radical (unpaired) electrons. The Morgan fingerprint density at radius 3 is 2.53 bits per heavy atom. The first-order valence-electron chi connectivity index (χ1n) is 6.26. The van der Waals surface area contributed by atoms with E-state index in [0.29, 0.717) is 5.41 Å².